The molecule has 2 aromatic heterocycles. The summed E-state index contributed by atoms with van der Waals surface area (Å²) in [4.78, 5) is 33.5. The quantitative estimate of drug-likeness (QED) is 0.568. The summed E-state index contributed by atoms with van der Waals surface area (Å²) >= 11 is 5.79. The molecule has 3 amide bonds. The highest BCUT2D eigenvalue weighted by molar-refractivity contribution is 6.31. The molecule has 2 aliphatic heterocycles. The van der Waals surface area contributed by atoms with E-state index >= 15 is 0 Å². The van der Waals surface area contributed by atoms with E-state index in [9.17, 15) is 14.0 Å². The molecule has 0 unspecified atom stereocenters. The molecule has 35 heavy (non-hydrogen) atoms. The fraction of sp³-hybridized carbons (Fsp3) is 0.333. The van der Waals surface area contributed by atoms with E-state index in [1.807, 2.05) is 12.1 Å². The zero-order chi connectivity index (χ0) is 24.4. The molecule has 3 aromatic rings. The van der Waals surface area contributed by atoms with Gasteiger partial charge in [0.2, 0.25) is 5.91 Å². The number of aromatic nitrogens is 3. The fourth-order valence-electron chi connectivity index (χ4n) is 4.46. The molecule has 2 aliphatic rings. The summed E-state index contributed by atoms with van der Waals surface area (Å²) in [5, 5.41) is 10.1. The lowest BCUT2D eigenvalue weighted by Crippen LogP contribution is -2.40. The summed E-state index contributed by atoms with van der Waals surface area (Å²) in [5.41, 5.74) is 2.37. The molecule has 1 fully saturated rings. The Balaban J connectivity index is 1.15. The maximum absolute atomic E-state index is 13.4. The van der Waals surface area contributed by atoms with Crippen LogP contribution in [0.2, 0.25) is 5.02 Å². The van der Waals surface area contributed by atoms with Crippen LogP contribution in [0.5, 0.6) is 0 Å². The van der Waals surface area contributed by atoms with Gasteiger partial charge >= 0.3 is 6.03 Å². The van der Waals surface area contributed by atoms with Crippen LogP contribution in [0.15, 0.2) is 48.8 Å². The number of anilines is 3. The van der Waals surface area contributed by atoms with Crippen molar-refractivity contribution in [1.29, 1.82) is 0 Å². The van der Waals surface area contributed by atoms with Gasteiger partial charge in [-0.05, 0) is 43.2 Å². The zero-order valence-corrected chi connectivity index (χ0v) is 19.7. The van der Waals surface area contributed by atoms with Gasteiger partial charge in [-0.15, -0.1) is 0 Å². The predicted molar refractivity (Wildman–Crippen MR) is 131 cm³/mol. The second-order valence-electron chi connectivity index (χ2n) is 8.68. The Kier molecular flexibility index (Phi) is 6.54. The third-order valence-corrected chi connectivity index (χ3v) is 6.69. The maximum atomic E-state index is 13.4. The van der Waals surface area contributed by atoms with E-state index in [0.717, 1.165) is 37.3 Å². The number of urea groups is 1. The first-order chi connectivity index (χ1) is 17.0. The first-order valence-corrected chi connectivity index (χ1v) is 11.9. The Labute approximate surface area is 206 Å². The lowest BCUT2D eigenvalue weighted by molar-refractivity contribution is -0.120. The number of fused-ring (bicyclic) bond motifs is 1. The summed E-state index contributed by atoms with van der Waals surface area (Å²) < 4.78 is 15.2. The highest BCUT2D eigenvalue weighted by Crippen LogP contribution is 2.25. The molecule has 2 N–H and O–H groups in total. The maximum Gasteiger partial charge on any atom is 0.322 e. The highest BCUT2D eigenvalue weighted by atomic mass is 35.5. The minimum Gasteiger partial charge on any atom is -0.371 e. The Hall–Kier alpha value is -3.66. The first kappa shape index (κ1) is 23.1. The van der Waals surface area contributed by atoms with E-state index in [1.54, 1.807) is 28.0 Å². The van der Waals surface area contributed by atoms with Crippen LogP contribution < -0.4 is 15.5 Å². The average Bonchev–Trinajstić information content (AvgIpc) is 3.28. The van der Waals surface area contributed by atoms with Crippen molar-refractivity contribution in [2.24, 2.45) is 5.92 Å². The van der Waals surface area contributed by atoms with E-state index in [1.165, 1.54) is 18.2 Å². The summed E-state index contributed by atoms with van der Waals surface area (Å²) in [7, 11) is 0. The molecule has 0 bridgehead atoms. The van der Waals surface area contributed by atoms with Gasteiger partial charge in [-0.3, -0.25) is 14.5 Å². The van der Waals surface area contributed by atoms with Crippen LogP contribution in [0.1, 0.15) is 18.5 Å². The van der Waals surface area contributed by atoms with Crippen LogP contribution >= 0.6 is 11.6 Å². The van der Waals surface area contributed by atoms with E-state index in [0.29, 0.717) is 31.1 Å². The lowest BCUT2D eigenvalue weighted by Gasteiger charge is -2.32. The van der Waals surface area contributed by atoms with Gasteiger partial charge in [0.1, 0.15) is 5.82 Å². The van der Waals surface area contributed by atoms with Crippen molar-refractivity contribution in [2.75, 3.05) is 35.2 Å². The summed E-state index contributed by atoms with van der Waals surface area (Å²) in [6.07, 6.45) is 5.09. The van der Waals surface area contributed by atoms with Crippen molar-refractivity contribution in [3.63, 3.8) is 0 Å². The van der Waals surface area contributed by atoms with E-state index in [-0.39, 0.29) is 22.9 Å². The zero-order valence-electron chi connectivity index (χ0n) is 19.0. The summed E-state index contributed by atoms with van der Waals surface area (Å²) in [6, 6.07) is 9.50. The molecule has 11 heteroatoms. The van der Waals surface area contributed by atoms with E-state index in [4.69, 9.17) is 11.6 Å². The van der Waals surface area contributed by atoms with Gasteiger partial charge in [-0.1, -0.05) is 11.6 Å². The number of carbonyl (C=O) groups excluding carboxylic acids is 2. The number of amides is 3. The van der Waals surface area contributed by atoms with Gasteiger partial charge < -0.3 is 20.4 Å². The Morgan fingerprint density at radius 1 is 1.00 bits per heavy atom. The van der Waals surface area contributed by atoms with Crippen LogP contribution in [0.3, 0.4) is 0 Å². The molecule has 9 nitrogen and oxygen atoms in total. The summed E-state index contributed by atoms with van der Waals surface area (Å²) in [5.74, 6) is -0.149. The Bertz CT molecular complexity index is 1230. The van der Waals surface area contributed by atoms with Crippen molar-refractivity contribution in [3.8, 4) is 0 Å². The number of halogens is 2. The number of hydrogen-bond donors (Lipinski definition) is 2. The number of carbonyl (C=O) groups is 2. The third-order valence-electron chi connectivity index (χ3n) is 6.40. The van der Waals surface area contributed by atoms with E-state index < -0.39 is 5.82 Å². The second kappa shape index (κ2) is 9.91. The molecule has 0 atom stereocenters. The van der Waals surface area contributed by atoms with Gasteiger partial charge in [0.25, 0.3) is 0 Å². The van der Waals surface area contributed by atoms with Gasteiger partial charge in [0, 0.05) is 55.4 Å². The minimum absolute atomic E-state index is 0.0300. The largest absolute Gasteiger partial charge is 0.371 e. The highest BCUT2D eigenvalue weighted by Gasteiger charge is 2.27. The number of nitrogens with one attached hydrogen (secondary N) is 2. The van der Waals surface area contributed by atoms with Crippen molar-refractivity contribution in [2.45, 2.75) is 25.9 Å². The third kappa shape index (κ3) is 5.22. The predicted octanol–water partition coefficient (Wildman–Crippen LogP) is 3.97. The van der Waals surface area contributed by atoms with Gasteiger partial charge in [-0.2, -0.15) is 5.10 Å². The number of pyridine rings is 1. The van der Waals surface area contributed by atoms with E-state index in [2.05, 4.69) is 25.6 Å². The van der Waals surface area contributed by atoms with Crippen LogP contribution in [0.25, 0.3) is 0 Å². The van der Waals surface area contributed by atoms with Gasteiger partial charge in [0.05, 0.1) is 23.8 Å². The molecule has 5 rings (SSSR count). The van der Waals surface area contributed by atoms with Crippen molar-refractivity contribution < 1.29 is 14.0 Å². The monoisotopic (exact) mass is 497 g/mol. The minimum atomic E-state index is -0.541. The molecular formula is C24H25ClFN7O2. The molecule has 0 aliphatic carbocycles. The van der Waals surface area contributed by atoms with Crippen LogP contribution in [0, 0.1) is 11.7 Å². The van der Waals surface area contributed by atoms with Crippen LogP contribution in [-0.4, -0.2) is 51.2 Å². The number of piperidine rings is 1. The Morgan fingerprint density at radius 3 is 2.51 bits per heavy atom. The molecule has 182 valence electrons. The van der Waals surface area contributed by atoms with Gasteiger partial charge in [0.15, 0.2) is 5.82 Å². The lowest BCUT2D eigenvalue weighted by atomic mass is 9.95. The second-order valence-corrected chi connectivity index (χ2v) is 9.09. The van der Waals surface area contributed by atoms with Crippen LogP contribution in [0.4, 0.5) is 26.4 Å². The summed E-state index contributed by atoms with van der Waals surface area (Å²) in [6.45, 7) is 2.92. The number of hydrogen-bond acceptors (Lipinski definition) is 5. The standard InChI is InChI=1S/C24H25ClFN7O2/c25-20-13-17(1-2-21(20)26)28-24(35)32-11-12-33-19(15-32)14-22(30-33)29-23(34)16-5-9-31(10-6-16)18-3-7-27-8-4-18/h1-4,7-8,13-14,16H,5-6,9-12,15H2,(H,28,35)(H,29,30,34). The smallest absolute Gasteiger partial charge is 0.322 e. The first-order valence-electron chi connectivity index (χ1n) is 11.5. The average molecular weight is 498 g/mol. The van der Waals surface area contributed by atoms with Crippen molar-refractivity contribution in [1.82, 2.24) is 19.7 Å². The topological polar surface area (TPSA) is 95.4 Å². The Morgan fingerprint density at radius 2 is 1.77 bits per heavy atom. The number of nitrogens with zero attached hydrogens (tertiary/aromatic N) is 5. The molecular weight excluding hydrogens is 473 g/mol. The molecule has 0 saturated carbocycles. The SMILES string of the molecule is O=C(Nc1cc2n(n1)CCN(C(=O)Nc1ccc(F)c(Cl)c1)C2)C1CCN(c2ccncc2)CC1. The number of rotatable bonds is 4. The molecule has 0 radical (unpaired) electrons. The molecule has 0 spiro atoms. The molecule has 1 saturated heterocycles. The van der Waals surface area contributed by atoms with Gasteiger partial charge in [-0.25, -0.2) is 9.18 Å². The normalized spacial score (nSPS) is 16.1. The number of benzene rings is 1. The van der Waals surface area contributed by atoms with Crippen LogP contribution in [-0.2, 0) is 17.9 Å². The molecule has 1 aromatic carbocycles. The van der Waals surface area contributed by atoms with Crippen molar-refractivity contribution in [3.05, 3.63) is 65.3 Å². The molecule has 4 heterocycles. The fourth-order valence-corrected chi connectivity index (χ4v) is 4.64. The van der Waals surface area contributed by atoms with Crippen molar-refractivity contribution >= 4 is 40.7 Å².